The van der Waals surface area contributed by atoms with Crippen molar-refractivity contribution in [3.05, 3.63) is 0 Å². The molecule has 1 saturated heterocycles. The van der Waals surface area contributed by atoms with Gasteiger partial charge in [0.05, 0.1) is 7.11 Å². The lowest BCUT2D eigenvalue weighted by atomic mass is 9.80. The fourth-order valence-electron chi connectivity index (χ4n) is 3.78. The van der Waals surface area contributed by atoms with E-state index in [4.69, 9.17) is 9.47 Å². The zero-order valence-corrected chi connectivity index (χ0v) is 9.58. The lowest BCUT2D eigenvalue weighted by molar-refractivity contribution is -0.148. The van der Waals surface area contributed by atoms with E-state index in [1.807, 2.05) is 0 Å². The molecule has 3 aliphatic rings. The molecule has 0 aromatic carbocycles. The van der Waals surface area contributed by atoms with E-state index in [0.29, 0.717) is 5.92 Å². The maximum absolute atomic E-state index is 11.9. The van der Waals surface area contributed by atoms with Crippen molar-refractivity contribution in [1.82, 2.24) is 0 Å². The molecule has 84 valence electrons. The normalized spacial score (nSPS) is 50.7. The summed E-state index contributed by atoms with van der Waals surface area (Å²) < 4.78 is 10.9. The average molecular weight is 210 g/mol. The molecule has 1 aliphatic heterocycles. The molecule has 0 aromatic heterocycles. The van der Waals surface area contributed by atoms with Crippen LogP contribution in [0, 0.1) is 17.8 Å². The molecule has 3 nitrogen and oxygen atoms in total. The van der Waals surface area contributed by atoms with Crippen LogP contribution in [0.15, 0.2) is 0 Å². The fourth-order valence-corrected chi connectivity index (χ4v) is 3.78. The van der Waals surface area contributed by atoms with Gasteiger partial charge in [-0.2, -0.15) is 0 Å². The van der Waals surface area contributed by atoms with Crippen molar-refractivity contribution in [1.29, 1.82) is 0 Å². The Morgan fingerprint density at radius 2 is 2.27 bits per heavy atom. The molecule has 0 bridgehead atoms. The molecule has 3 rings (SSSR count). The first-order valence-electron chi connectivity index (χ1n) is 5.87. The van der Waals surface area contributed by atoms with Crippen molar-refractivity contribution < 1.29 is 14.3 Å². The quantitative estimate of drug-likeness (QED) is 0.515. The van der Waals surface area contributed by atoms with Crippen molar-refractivity contribution in [3.63, 3.8) is 0 Å². The van der Waals surface area contributed by atoms with Crippen molar-refractivity contribution in [2.24, 2.45) is 17.8 Å². The summed E-state index contributed by atoms with van der Waals surface area (Å²) in [5, 5.41) is 0. The van der Waals surface area contributed by atoms with Gasteiger partial charge < -0.3 is 9.47 Å². The summed E-state index contributed by atoms with van der Waals surface area (Å²) in [5.74, 6) is 1.52. The zero-order valence-electron chi connectivity index (χ0n) is 9.58. The fraction of sp³-hybridized carbons (Fsp3) is 0.917. The first kappa shape index (κ1) is 9.64. The summed E-state index contributed by atoms with van der Waals surface area (Å²) in [4.78, 5) is 11.9. The minimum atomic E-state index is -0.613. The van der Waals surface area contributed by atoms with Crippen LogP contribution in [0.25, 0.3) is 0 Å². The van der Waals surface area contributed by atoms with Crippen LogP contribution in [0.3, 0.4) is 0 Å². The summed E-state index contributed by atoms with van der Waals surface area (Å²) in [6, 6.07) is 0. The van der Waals surface area contributed by atoms with Crippen LogP contribution in [0.2, 0.25) is 0 Å². The van der Waals surface area contributed by atoms with Gasteiger partial charge in [0.1, 0.15) is 5.60 Å². The van der Waals surface area contributed by atoms with E-state index >= 15 is 0 Å². The molecule has 0 radical (unpaired) electrons. The van der Waals surface area contributed by atoms with E-state index in [2.05, 4.69) is 13.8 Å². The molecular weight excluding hydrogens is 192 g/mol. The summed E-state index contributed by atoms with van der Waals surface area (Å²) in [6.45, 7) is 4.11. The van der Waals surface area contributed by atoms with Crippen molar-refractivity contribution >= 4 is 5.97 Å². The predicted octanol–water partition coefficient (Wildman–Crippen LogP) is 1.75. The third-order valence-electron chi connectivity index (χ3n) is 4.64. The number of carbonyl (C=O) groups is 1. The predicted molar refractivity (Wildman–Crippen MR) is 54.2 cm³/mol. The molecule has 15 heavy (non-hydrogen) atoms. The topological polar surface area (TPSA) is 38.8 Å². The first-order valence-corrected chi connectivity index (χ1v) is 5.87. The molecule has 4 atom stereocenters. The second kappa shape index (κ2) is 2.57. The zero-order chi connectivity index (χ0) is 10.8. The number of esters is 1. The van der Waals surface area contributed by atoms with E-state index in [0.717, 1.165) is 12.3 Å². The van der Waals surface area contributed by atoms with E-state index in [9.17, 15) is 4.79 Å². The minimum absolute atomic E-state index is 0.140. The van der Waals surface area contributed by atoms with Crippen LogP contribution < -0.4 is 0 Å². The Kier molecular flexibility index (Phi) is 1.65. The third-order valence-corrected chi connectivity index (χ3v) is 4.64. The molecule has 2 saturated carbocycles. The number of carbonyl (C=O) groups excluding carboxylic acids is 1. The van der Waals surface area contributed by atoms with Crippen LogP contribution >= 0.6 is 0 Å². The van der Waals surface area contributed by atoms with Crippen LogP contribution in [0.4, 0.5) is 0 Å². The van der Waals surface area contributed by atoms with Gasteiger partial charge >= 0.3 is 5.97 Å². The standard InChI is InChI=1S/C12H18O3/c1-7(2)12(10(13)14-3)11(15-12)5-4-8-6-9(8)11/h7-9H,4-6H2,1-3H3. The summed E-state index contributed by atoms with van der Waals surface area (Å²) in [6.07, 6.45) is 3.54. The SMILES string of the molecule is COC(=O)C1(C(C)C)OC12CCC1CC12. The summed E-state index contributed by atoms with van der Waals surface area (Å²) >= 11 is 0. The summed E-state index contributed by atoms with van der Waals surface area (Å²) in [5.41, 5.74) is -0.753. The Labute approximate surface area is 90.1 Å². The van der Waals surface area contributed by atoms with Gasteiger partial charge in [-0.05, 0) is 37.0 Å². The lowest BCUT2D eigenvalue weighted by Crippen LogP contribution is -2.40. The van der Waals surface area contributed by atoms with E-state index in [-0.39, 0.29) is 17.5 Å². The van der Waals surface area contributed by atoms with E-state index in [1.54, 1.807) is 0 Å². The monoisotopic (exact) mass is 210 g/mol. The number of ether oxygens (including phenoxy) is 2. The number of methoxy groups -OCH3 is 1. The smallest absolute Gasteiger partial charge is 0.341 e. The average Bonchev–Trinajstić information content (AvgIpc) is 3.03. The van der Waals surface area contributed by atoms with Crippen molar-refractivity contribution in [2.75, 3.05) is 7.11 Å². The molecular formula is C12H18O3. The van der Waals surface area contributed by atoms with Gasteiger partial charge in [0.2, 0.25) is 0 Å². The molecule has 0 aromatic rings. The molecule has 3 heteroatoms. The van der Waals surface area contributed by atoms with Gasteiger partial charge in [0, 0.05) is 0 Å². The maximum Gasteiger partial charge on any atom is 0.341 e. The van der Waals surface area contributed by atoms with E-state index < -0.39 is 5.60 Å². The van der Waals surface area contributed by atoms with Gasteiger partial charge in [-0.15, -0.1) is 0 Å². The molecule has 0 amide bonds. The number of epoxide rings is 1. The van der Waals surface area contributed by atoms with Crippen LogP contribution in [-0.2, 0) is 14.3 Å². The highest BCUT2D eigenvalue weighted by atomic mass is 16.7. The highest BCUT2D eigenvalue weighted by molar-refractivity contribution is 5.85. The van der Waals surface area contributed by atoms with Gasteiger partial charge in [-0.3, -0.25) is 0 Å². The maximum atomic E-state index is 11.9. The van der Waals surface area contributed by atoms with Crippen LogP contribution in [0.1, 0.15) is 33.1 Å². The van der Waals surface area contributed by atoms with Gasteiger partial charge in [0.25, 0.3) is 0 Å². The van der Waals surface area contributed by atoms with Crippen molar-refractivity contribution in [2.45, 2.75) is 44.3 Å². The summed E-state index contributed by atoms with van der Waals surface area (Å²) in [7, 11) is 1.46. The Balaban J connectivity index is 1.93. The highest BCUT2D eigenvalue weighted by Crippen LogP contribution is 2.73. The lowest BCUT2D eigenvalue weighted by Gasteiger charge is -2.18. The molecule has 2 aliphatic carbocycles. The highest BCUT2D eigenvalue weighted by Gasteiger charge is 2.84. The number of fused-ring (bicyclic) bond motifs is 2. The van der Waals surface area contributed by atoms with Crippen molar-refractivity contribution in [3.8, 4) is 0 Å². The Morgan fingerprint density at radius 3 is 2.67 bits per heavy atom. The largest absolute Gasteiger partial charge is 0.467 e. The third kappa shape index (κ3) is 0.889. The van der Waals surface area contributed by atoms with Gasteiger partial charge in [-0.1, -0.05) is 13.8 Å². The van der Waals surface area contributed by atoms with E-state index in [1.165, 1.54) is 20.0 Å². The molecule has 1 heterocycles. The van der Waals surface area contributed by atoms with Gasteiger partial charge in [-0.25, -0.2) is 4.79 Å². The number of rotatable bonds is 2. The number of hydrogen-bond acceptors (Lipinski definition) is 3. The second-order valence-corrected chi connectivity index (χ2v) is 5.51. The van der Waals surface area contributed by atoms with Gasteiger partial charge in [0.15, 0.2) is 5.60 Å². The van der Waals surface area contributed by atoms with Crippen LogP contribution in [-0.4, -0.2) is 24.3 Å². The Hall–Kier alpha value is -0.570. The molecule has 3 fully saturated rings. The van der Waals surface area contributed by atoms with Crippen LogP contribution in [0.5, 0.6) is 0 Å². The first-order chi connectivity index (χ1) is 7.08. The number of hydrogen-bond donors (Lipinski definition) is 0. The minimum Gasteiger partial charge on any atom is -0.467 e. The Morgan fingerprint density at radius 1 is 1.53 bits per heavy atom. The molecule has 4 unspecified atom stereocenters. The second-order valence-electron chi connectivity index (χ2n) is 5.51. The molecule has 0 N–H and O–H groups in total. The molecule has 1 spiro atoms. The Bertz CT molecular complexity index is 325.